The third-order valence-corrected chi connectivity index (χ3v) is 7.45. The maximum atomic E-state index is 9.62. The molecule has 0 aromatic heterocycles. The van der Waals surface area contributed by atoms with Gasteiger partial charge in [-0.3, -0.25) is 0 Å². The van der Waals surface area contributed by atoms with Crippen molar-refractivity contribution in [2.75, 3.05) is 0 Å². The Morgan fingerprint density at radius 2 is 2.12 bits per heavy atom. The Morgan fingerprint density at radius 3 is 2.79 bits per heavy atom. The predicted octanol–water partition coefficient (Wildman–Crippen LogP) is 6.09. The first-order valence-corrected chi connectivity index (χ1v) is 9.60. The molecule has 0 aromatic rings. The number of aliphatic hydroxyl groups is 1. The molecule has 2 nitrogen and oxygen atoms in total. The molecule has 0 saturated heterocycles. The van der Waals surface area contributed by atoms with E-state index in [0.29, 0.717) is 11.3 Å². The summed E-state index contributed by atoms with van der Waals surface area (Å²) in [6.45, 7) is 8.24. The first kappa shape index (κ1) is 17.3. The van der Waals surface area contributed by atoms with Gasteiger partial charge in [0.1, 0.15) is 5.76 Å². The van der Waals surface area contributed by atoms with E-state index in [1.54, 1.807) is 0 Å². The molecule has 0 spiro atoms. The fourth-order valence-electron chi connectivity index (χ4n) is 6.18. The van der Waals surface area contributed by atoms with Gasteiger partial charge in [0.25, 0.3) is 0 Å². The van der Waals surface area contributed by atoms with E-state index in [4.69, 9.17) is 0 Å². The van der Waals surface area contributed by atoms with Crippen molar-refractivity contribution in [3.8, 4) is 6.07 Å². The summed E-state index contributed by atoms with van der Waals surface area (Å²) >= 11 is 0. The molecule has 3 aliphatic rings. The van der Waals surface area contributed by atoms with E-state index in [0.717, 1.165) is 37.0 Å². The summed E-state index contributed by atoms with van der Waals surface area (Å²) in [6.07, 6.45) is 13.4. The van der Waals surface area contributed by atoms with Crippen LogP contribution in [0.3, 0.4) is 0 Å². The largest absolute Gasteiger partial charge is 0.509 e. The third-order valence-electron chi connectivity index (χ3n) is 7.45. The van der Waals surface area contributed by atoms with E-state index >= 15 is 0 Å². The van der Waals surface area contributed by atoms with Gasteiger partial charge in [-0.2, -0.15) is 5.26 Å². The Labute approximate surface area is 147 Å². The normalized spacial score (nSPS) is 42.2. The second-order valence-corrected chi connectivity index (χ2v) is 8.43. The number of rotatable bonds is 2. The van der Waals surface area contributed by atoms with Crippen LogP contribution in [0.4, 0.5) is 0 Å². The second kappa shape index (κ2) is 6.79. The van der Waals surface area contributed by atoms with Crippen LogP contribution in [0, 0.1) is 40.4 Å². The molecule has 0 aromatic carbocycles. The summed E-state index contributed by atoms with van der Waals surface area (Å²) in [5.74, 6) is 3.11. The van der Waals surface area contributed by atoms with Gasteiger partial charge in [0.2, 0.25) is 0 Å². The first-order valence-electron chi connectivity index (χ1n) is 9.60. The zero-order valence-corrected chi connectivity index (χ0v) is 15.2. The highest BCUT2D eigenvalue weighted by molar-refractivity contribution is 5.36. The molecule has 1 N–H and O–H groups in total. The molecule has 24 heavy (non-hydrogen) atoms. The average Bonchev–Trinajstić information content (AvgIpc) is 2.76. The van der Waals surface area contributed by atoms with Gasteiger partial charge >= 0.3 is 0 Å². The zero-order valence-electron chi connectivity index (χ0n) is 15.2. The highest BCUT2D eigenvalue weighted by atomic mass is 16.3. The molecule has 3 fully saturated rings. The molecule has 3 aliphatic carbocycles. The minimum absolute atomic E-state index is 0.175. The van der Waals surface area contributed by atoms with Gasteiger partial charge in [0.15, 0.2) is 0 Å². The SMILES string of the molecule is C=C(O)/C=C1/CCC2C(CCC3(C)C(CC#N)CCC23)C/C1=C/C. The van der Waals surface area contributed by atoms with Gasteiger partial charge in [-0.25, -0.2) is 0 Å². The lowest BCUT2D eigenvalue weighted by molar-refractivity contribution is 0.0119. The smallest absolute Gasteiger partial charge is 0.108 e. The molecule has 5 unspecified atom stereocenters. The minimum atomic E-state index is 0.175. The van der Waals surface area contributed by atoms with Crippen molar-refractivity contribution in [2.24, 2.45) is 29.1 Å². The van der Waals surface area contributed by atoms with Gasteiger partial charge in [0.05, 0.1) is 6.07 Å². The zero-order chi connectivity index (χ0) is 17.3. The summed E-state index contributed by atoms with van der Waals surface area (Å²) in [5.41, 5.74) is 3.07. The minimum Gasteiger partial charge on any atom is -0.509 e. The first-order chi connectivity index (χ1) is 11.5. The number of hydrogen-bond donors (Lipinski definition) is 1. The predicted molar refractivity (Wildman–Crippen MR) is 98.2 cm³/mol. The van der Waals surface area contributed by atoms with Gasteiger partial charge < -0.3 is 5.11 Å². The summed E-state index contributed by atoms with van der Waals surface area (Å²) in [6, 6.07) is 2.44. The maximum Gasteiger partial charge on any atom is 0.108 e. The topological polar surface area (TPSA) is 44.0 Å². The van der Waals surface area contributed by atoms with Crippen LogP contribution in [0.1, 0.15) is 65.2 Å². The highest BCUT2D eigenvalue weighted by Gasteiger charge is 2.53. The number of hydrogen-bond acceptors (Lipinski definition) is 2. The molecule has 3 rings (SSSR count). The molecular formula is C22H31NO. The van der Waals surface area contributed by atoms with E-state index in [9.17, 15) is 10.4 Å². The van der Waals surface area contributed by atoms with E-state index in [1.807, 2.05) is 6.08 Å². The third kappa shape index (κ3) is 2.94. The van der Waals surface area contributed by atoms with Gasteiger partial charge in [-0.05, 0) is 98.2 Å². The van der Waals surface area contributed by atoms with E-state index in [-0.39, 0.29) is 5.76 Å². The van der Waals surface area contributed by atoms with Crippen LogP contribution in [0.5, 0.6) is 0 Å². The Bertz CT molecular complexity index is 608. The maximum absolute atomic E-state index is 9.62. The fraction of sp³-hybridized carbons (Fsp3) is 0.682. The van der Waals surface area contributed by atoms with Crippen molar-refractivity contribution < 1.29 is 5.11 Å². The summed E-state index contributed by atoms with van der Waals surface area (Å²) in [5, 5.41) is 18.8. The average molecular weight is 325 g/mol. The van der Waals surface area contributed by atoms with Crippen molar-refractivity contribution in [2.45, 2.75) is 65.2 Å². The lowest BCUT2D eigenvalue weighted by Crippen LogP contribution is -2.41. The Balaban J connectivity index is 1.86. The van der Waals surface area contributed by atoms with Crippen LogP contribution in [-0.4, -0.2) is 5.11 Å². The molecule has 130 valence electrons. The van der Waals surface area contributed by atoms with Crippen LogP contribution >= 0.6 is 0 Å². The quantitative estimate of drug-likeness (QED) is 0.625. The van der Waals surface area contributed by atoms with Crippen LogP contribution in [-0.2, 0) is 0 Å². The van der Waals surface area contributed by atoms with Crippen molar-refractivity contribution in [3.05, 3.63) is 35.6 Å². The Morgan fingerprint density at radius 1 is 1.33 bits per heavy atom. The standard InChI is InChI=1S/C22H31NO/c1-4-16-14-18-9-11-22(3)19(10-12-23)6-8-21(22)20(18)7-5-17(16)13-15(2)24/h4,13,18-21,24H,2,5-11,14H2,1,3H3/b16-4-,17-13-. The molecule has 0 radical (unpaired) electrons. The number of nitrogens with zero attached hydrogens (tertiary/aromatic N) is 1. The molecule has 5 atom stereocenters. The van der Waals surface area contributed by atoms with E-state index in [2.05, 4.69) is 32.6 Å². The molecule has 0 heterocycles. The summed E-state index contributed by atoms with van der Waals surface area (Å²) < 4.78 is 0. The van der Waals surface area contributed by atoms with Crippen molar-refractivity contribution in [1.29, 1.82) is 5.26 Å². The fourth-order valence-corrected chi connectivity index (χ4v) is 6.18. The Hall–Kier alpha value is -1.49. The van der Waals surface area contributed by atoms with Gasteiger partial charge in [-0.1, -0.05) is 19.6 Å². The molecule has 0 bridgehead atoms. The van der Waals surface area contributed by atoms with Crippen LogP contribution < -0.4 is 0 Å². The van der Waals surface area contributed by atoms with Gasteiger partial charge in [0, 0.05) is 6.42 Å². The van der Waals surface area contributed by atoms with E-state index in [1.165, 1.54) is 43.3 Å². The van der Waals surface area contributed by atoms with E-state index < -0.39 is 0 Å². The van der Waals surface area contributed by atoms with Crippen molar-refractivity contribution in [3.63, 3.8) is 0 Å². The van der Waals surface area contributed by atoms with Crippen molar-refractivity contribution in [1.82, 2.24) is 0 Å². The summed E-state index contributed by atoms with van der Waals surface area (Å²) in [4.78, 5) is 0. The molecule has 0 amide bonds. The van der Waals surface area contributed by atoms with Crippen LogP contribution in [0.25, 0.3) is 0 Å². The summed E-state index contributed by atoms with van der Waals surface area (Å²) in [7, 11) is 0. The second-order valence-electron chi connectivity index (χ2n) is 8.43. The van der Waals surface area contributed by atoms with Gasteiger partial charge in [-0.15, -0.1) is 0 Å². The Kier molecular flexibility index (Phi) is 4.90. The lowest BCUT2D eigenvalue weighted by Gasteiger charge is -2.48. The number of nitriles is 1. The van der Waals surface area contributed by atoms with Crippen LogP contribution in [0.15, 0.2) is 35.6 Å². The number of aliphatic hydroxyl groups excluding tert-OH is 1. The van der Waals surface area contributed by atoms with Crippen LogP contribution in [0.2, 0.25) is 0 Å². The number of fused-ring (bicyclic) bond motifs is 3. The molecular weight excluding hydrogens is 294 g/mol. The molecule has 2 heteroatoms. The molecule has 3 saturated carbocycles. The number of allylic oxidation sites excluding steroid dienone is 4. The van der Waals surface area contributed by atoms with Crippen molar-refractivity contribution >= 4 is 0 Å². The highest BCUT2D eigenvalue weighted by Crippen LogP contribution is 2.62. The monoisotopic (exact) mass is 325 g/mol. The molecule has 0 aliphatic heterocycles. The lowest BCUT2D eigenvalue weighted by atomic mass is 9.56.